The third kappa shape index (κ3) is 5.92. The number of fused-ring (bicyclic) bond motifs is 1. The number of ether oxygens (including phenoxy) is 1. The quantitative estimate of drug-likeness (QED) is 0.181. The van der Waals surface area contributed by atoms with Gasteiger partial charge in [-0.2, -0.15) is 0 Å². The molecular formula is C30H29FN6O3. The molecule has 0 aliphatic heterocycles. The second kappa shape index (κ2) is 11.5. The van der Waals surface area contributed by atoms with Crippen molar-refractivity contribution in [1.82, 2.24) is 19.9 Å². The average molecular weight is 541 g/mol. The van der Waals surface area contributed by atoms with Gasteiger partial charge >= 0.3 is 5.97 Å². The molecule has 2 aromatic carbocycles. The molecule has 0 fully saturated rings. The Labute approximate surface area is 230 Å². The third-order valence-electron chi connectivity index (χ3n) is 6.34. The number of halogens is 1. The van der Waals surface area contributed by atoms with Gasteiger partial charge in [0, 0.05) is 22.7 Å². The highest BCUT2D eigenvalue weighted by atomic mass is 19.1. The molecule has 0 aliphatic rings. The van der Waals surface area contributed by atoms with Crippen molar-refractivity contribution >= 4 is 22.6 Å². The summed E-state index contributed by atoms with van der Waals surface area (Å²) in [6.07, 6.45) is 2.43. The first-order chi connectivity index (χ1) is 19.3. The summed E-state index contributed by atoms with van der Waals surface area (Å²) in [5.74, 6) is -0.978. The normalized spacial score (nSPS) is 11.9. The minimum absolute atomic E-state index is 0.0506. The minimum Gasteiger partial charge on any atom is -0.492 e. The molecule has 0 bridgehead atoms. The van der Waals surface area contributed by atoms with E-state index in [-0.39, 0.29) is 18.3 Å². The number of hydrogen-bond acceptors (Lipinski definition) is 7. The first-order valence-corrected chi connectivity index (χ1v) is 12.9. The van der Waals surface area contributed by atoms with Gasteiger partial charge in [-0.15, -0.1) is 0 Å². The zero-order valence-electron chi connectivity index (χ0n) is 22.1. The highest BCUT2D eigenvalue weighted by molar-refractivity contribution is 5.89. The van der Waals surface area contributed by atoms with Crippen molar-refractivity contribution in [3.63, 3.8) is 0 Å². The Bertz CT molecular complexity index is 1680. The minimum atomic E-state index is -1.33. The SMILES string of the molecule is Cc1cccc(-c2[nH]c(CNc3cccc(C(=O)O)c3F)nc2-c2ccc3ncc(OCC[C@@H](C)N)cc3c2)n1. The molecule has 0 unspecified atom stereocenters. The van der Waals surface area contributed by atoms with Crippen molar-refractivity contribution in [3.8, 4) is 28.4 Å². The first-order valence-electron chi connectivity index (χ1n) is 12.9. The van der Waals surface area contributed by atoms with Crippen LogP contribution in [0.5, 0.6) is 5.75 Å². The van der Waals surface area contributed by atoms with E-state index in [2.05, 4.69) is 20.3 Å². The molecule has 0 saturated carbocycles. The Morgan fingerprint density at radius 2 is 1.98 bits per heavy atom. The number of aryl methyl sites for hydroxylation is 1. The van der Waals surface area contributed by atoms with Gasteiger partial charge in [-0.05, 0) is 62.7 Å². The van der Waals surface area contributed by atoms with Crippen molar-refractivity contribution in [3.05, 3.63) is 89.8 Å². The van der Waals surface area contributed by atoms with Crippen LogP contribution in [-0.4, -0.2) is 43.7 Å². The molecule has 9 nitrogen and oxygen atoms in total. The Balaban J connectivity index is 1.49. The molecule has 3 aromatic heterocycles. The van der Waals surface area contributed by atoms with Crippen LogP contribution in [0.25, 0.3) is 33.5 Å². The van der Waals surface area contributed by atoms with Crippen molar-refractivity contribution in [2.75, 3.05) is 11.9 Å². The summed E-state index contributed by atoms with van der Waals surface area (Å²) in [5, 5.41) is 13.1. The summed E-state index contributed by atoms with van der Waals surface area (Å²) >= 11 is 0. The van der Waals surface area contributed by atoms with Crippen molar-refractivity contribution < 1.29 is 19.0 Å². The lowest BCUT2D eigenvalue weighted by molar-refractivity contribution is 0.0692. The zero-order valence-corrected chi connectivity index (χ0v) is 22.1. The lowest BCUT2D eigenvalue weighted by Crippen LogP contribution is -2.18. The molecular weight excluding hydrogens is 511 g/mol. The van der Waals surface area contributed by atoms with Crippen LogP contribution in [0.15, 0.2) is 66.9 Å². The maximum absolute atomic E-state index is 14.7. The molecule has 5 aromatic rings. The maximum Gasteiger partial charge on any atom is 0.338 e. The van der Waals surface area contributed by atoms with E-state index in [1.165, 1.54) is 18.2 Å². The Morgan fingerprint density at radius 3 is 2.75 bits per heavy atom. The van der Waals surface area contributed by atoms with Crippen LogP contribution >= 0.6 is 0 Å². The molecule has 5 N–H and O–H groups in total. The van der Waals surface area contributed by atoms with E-state index in [0.717, 1.165) is 28.6 Å². The van der Waals surface area contributed by atoms with Gasteiger partial charge in [0.1, 0.15) is 11.6 Å². The predicted octanol–water partition coefficient (Wildman–Crippen LogP) is 5.56. The number of nitrogens with two attached hydrogens (primary N) is 1. The smallest absolute Gasteiger partial charge is 0.338 e. The fourth-order valence-electron chi connectivity index (χ4n) is 4.30. The molecule has 204 valence electrons. The second-order valence-electron chi connectivity index (χ2n) is 9.59. The Hall–Kier alpha value is -4.83. The third-order valence-corrected chi connectivity index (χ3v) is 6.34. The summed E-state index contributed by atoms with van der Waals surface area (Å²) in [6, 6.07) is 17.8. The van der Waals surface area contributed by atoms with Gasteiger partial charge in [0.2, 0.25) is 0 Å². The van der Waals surface area contributed by atoms with Crippen molar-refractivity contribution in [2.45, 2.75) is 32.9 Å². The van der Waals surface area contributed by atoms with E-state index in [9.17, 15) is 14.3 Å². The largest absolute Gasteiger partial charge is 0.492 e. The number of hydrogen-bond donors (Lipinski definition) is 4. The highest BCUT2D eigenvalue weighted by Gasteiger charge is 2.18. The van der Waals surface area contributed by atoms with E-state index in [1.807, 2.05) is 56.3 Å². The topological polar surface area (TPSA) is 139 Å². The second-order valence-corrected chi connectivity index (χ2v) is 9.59. The number of carbonyl (C=O) groups is 1. The number of imidazole rings is 1. The number of anilines is 1. The summed E-state index contributed by atoms with van der Waals surface area (Å²) in [5.41, 5.74) is 10.1. The van der Waals surface area contributed by atoms with Crippen LogP contribution in [0, 0.1) is 12.7 Å². The lowest BCUT2D eigenvalue weighted by atomic mass is 10.1. The number of pyridine rings is 2. The van der Waals surface area contributed by atoms with Gasteiger partial charge in [0.05, 0.1) is 53.2 Å². The molecule has 10 heteroatoms. The van der Waals surface area contributed by atoms with Gasteiger partial charge in [0.15, 0.2) is 5.82 Å². The number of nitrogens with zero attached hydrogens (tertiary/aromatic N) is 3. The molecule has 0 aliphatic carbocycles. The molecule has 40 heavy (non-hydrogen) atoms. The molecule has 0 spiro atoms. The summed E-state index contributed by atoms with van der Waals surface area (Å²) in [6.45, 7) is 4.48. The van der Waals surface area contributed by atoms with Crippen LogP contribution in [0.3, 0.4) is 0 Å². The summed E-state index contributed by atoms with van der Waals surface area (Å²) in [4.78, 5) is 28.7. The molecule has 0 radical (unpaired) electrons. The number of aromatic amines is 1. The number of benzene rings is 2. The average Bonchev–Trinajstić information content (AvgIpc) is 3.36. The first kappa shape index (κ1) is 26.8. The van der Waals surface area contributed by atoms with Gasteiger partial charge in [0.25, 0.3) is 0 Å². The molecule has 0 saturated heterocycles. The number of aromatic nitrogens is 4. The summed E-state index contributed by atoms with van der Waals surface area (Å²) in [7, 11) is 0. The van der Waals surface area contributed by atoms with E-state index in [0.29, 0.717) is 35.3 Å². The van der Waals surface area contributed by atoms with E-state index < -0.39 is 17.3 Å². The fourth-order valence-corrected chi connectivity index (χ4v) is 4.30. The monoisotopic (exact) mass is 540 g/mol. The molecule has 3 heterocycles. The van der Waals surface area contributed by atoms with E-state index >= 15 is 0 Å². The Morgan fingerprint density at radius 1 is 1.15 bits per heavy atom. The molecule has 0 amide bonds. The van der Waals surface area contributed by atoms with E-state index in [4.69, 9.17) is 15.5 Å². The number of rotatable bonds is 10. The van der Waals surface area contributed by atoms with Gasteiger partial charge in [-0.3, -0.25) is 9.97 Å². The van der Waals surface area contributed by atoms with Crippen molar-refractivity contribution in [2.24, 2.45) is 5.73 Å². The van der Waals surface area contributed by atoms with E-state index in [1.54, 1.807) is 6.20 Å². The zero-order chi connectivity index (χ0) is 28.2. The van der Waals surface area contributed by atoms with Gasteiger partial charge < -0.3 is 25.9 Å². The number of carboxylic acid groups (broad SMARTS) is 1. The predicted molar refractivity (Wildman–Crippen MR) is 152 cm³/mol. The van der Waals surface area contributed by atoms with Crippen LogP contribution in [-0.2, 0) is 6.54 Å². The summed E-state index contributed by atoms with van der Waals surface area (Å²) < 4.78 is 20.5. The van der Waals surface area contributed by atoms with Crippen molar-refractivity contribution in [1.29, 1.82) is 0 Å². The Kier molecular flexibility index (Phi) is 7.70. The van der Waals surface area contributed by atoms with Crippen LogP contribution in [0.1, 0.15) is 35.2 Å². The lowest BCUT2D eigenvalue weighted by Gasteiger charge is -2.09. The highest BCUT2D eigenvalue weighted by Crippen LogP contribution is 2.32. The fraction of sp³-hybridized carbons (Fsp3) is 0.200. The number of aromatic carboxylic acids is 1. The molecule has 5 rings (SSSR count). The number of nitrogens with one attached hydrogen (secondary N) is 2. The van der Waals surface area contributed by atoms with Crippen LogP contribution in [0.2, 0.25) is 0 Å². The van der Waals surface area contributed by atoms with Crippen LogP contribution in [0.4, 0.5) is 10.1 Å². The van der Waals surface area contributed by atoms with Crippen LogP contribution < -0.4 is 15.8 Å². The van der Waals surface area contributed by atoms with Gasteiger partial charge in [-0.1, -0.05) is 18.2 Å². The molecule has 1 atom stereocenters. The number of carboxylic acids is 1. The number of H-pyrrole nitrogens is 1. The standard InChI is InChI=1S/C30H29FN6O3/c1-17(32)11-12-40-21-14-20-13-19(9-10-23(20)33-15-21)28-29(25-8-3-5-18(2)35-25)37-26(36-28)16-34-24-7-4-6-22(27(24)31)30(38)39/h3-10,13-15,17,34H,11-12,16,32H2,1-2H3,(H,36,37)(H,38,39)/t17-/m1/s1. The van der Waals surface area contributed by atoms with Gasteiger partial charge in [-0.25, -0.2) is 14.2 Å². The maximum atomic E-state index is 14.7.